The molecule has 11 heteroatoms. The molecule has 41 heavy (non-hydrogen) atoms. The molecule has 2 saturated heterocycles. The summed E-state index contributed by atoms with van der Waals surface area (Å²) in [4.78, 5) is 56.0. The van der Waals surface area contributed by atoms with Crippen molar-refractivity contribution in [1.82, 2.24) is 15.1 Å². The number of nitrogens with zero attached hydrogens (tertiary/aromatic N) is 4. The summed E-state index contributed by atoms with van der Waals surface area (Å²) < 4.78 is 0. The average molecular weight is 576 g/mol. The molecule has 0 aliphatic carbocycles. The van der Waals surface area contributed by atoms with Crippen LogP contribution in [0.15, 0.2) is 78.9 Å². The number of para-hydroxylation sites is 1. The lowest BCUT2D eigenvalue weighted by Gasteiger charge is -2.43. The van der Waals surface area contributed by atoms with Gasteiger partial charge in [-0.1, -0.05) is 60.1 Å². The number of likely N-dealkylation sites (tertiary alicyclic amines) is 1. The van der Waals surface area contributed by atoms with Gasteiger partial charge in [0.2, 0.25) is 5.91 Å². The first-order valence-corrected chi connectivity index (χ1v) is 13.8. The van der Waals surface area contributed by atoms with Gasteiger partial charge in [-0.15, -0.1) is 0 Å². The molecule has 0 bridgehead atoms. The van der Waals surface area contributed by atoms with E-state index in [1.807, 2.05) is 72.5 Å². The number of non-ortho nitro benzene ring substituents is 1. The molecule has 0 aromatic heterocycles. The molecule has 1 N–H and O–H groups in total. The van der Waals surface area contributed by atoms with Crippen LogP contribution in [0.2, 0.25) is 5.02 Å². The zero-order chi connectivity index (χ0) is 29.1. The van der Waals surface area contributed by atoms with Gasteiger partial charge in [-0.25, -0.2) is 0 Å². The maximum Gasteiger partial charge on any atom is 0.270 e. The van der Waals surface area contributed by atoms with Gasteiger partial charge in [0.05, 0.1) is 28.2 Å². The summed E-state index contributed by atoms with van der Waals surface area (Å²) in [6.07, 6.45) is 0.714. The van der Waals surface area contributed by atoms with Gasteiger partial charge in [-0.2, -0.15) is 0 Å². The van der Waals surface area contributed by atoms with E-state index in [4.69, 9.17) is 11.6 Å². The van der Waals surface area contributed by atoms with Crippen molar-refractivity contribution in [2.45, 2.75) is 31.3 Å². The van der Waals surface area contributed by atoms with Gasteiger partial charge in [-0.05, 0) is 43.5 Å². The Morgan fingerprint density at radius 1 is 1.02 bits per heavy atom. The SMILES string of the molecule is C[C@H](NC(=O)CN1CN(c2ccccc2)C2(CCN(C(=O)c3ccc([N+](=O)[O-])cc3Cl)CC2)C1=O)c1ccccc1. The van der Waals surface area contributed by atoms with Crippen LogP contribution in [-0.2, 0) is 9.59 Å². The number of hydrogen-bond donors (Lipinski definition) is 1. The van der Waals surface area contributed by atoms with Crippen molar-refractivity contribution in [3.63, 3.8) is 0 Å². The summed E-state index contributed by atoms with van der Waals surface area (Å²) in [5.74, 6) is -0.743. The van der Waals surface area contributed by atoms with E-state index in [1.165, 1.54) is 18.2 Å². The minimum Gasteiger partial charge on any atom is -0.348 e. The Hall–Kier alpha value is -4.44. The molecule has 5 rings (SSSR count). The van der Waals surface area contributed by atoms with Gasteiger partial charge in [0.25, 0.3) is 17.5 Å². The molecule has 3 aromatic carbocycles. The standard InChI is InChI=1S/C30H30ClN5O5/c1-21(22-8-4-2-5-9-22)32-27(37)19-34-20-35(23-10-6-3-7-11-23)30(29(34)39)14-16-33(17-15-30)28(38)25-13-12-24(36(40)41)18-26(25)31/h2-13,18,21H,14-17,19-20H2,1H3,(H,32,37)/t21-/m0/s1. The van der Waals surface area contributed by atoms with Crippen LogP contribution in [0.1, 0.15) is 41.7 Å². The molecular weight excluding hydrogens is 546 g/mol. The van der Waals surface area contributed by atoms with Gasteiger partial charge < -0.3 is 20.0 Å². The largest absolute Gasteiger partial charge is 0.348 e. The van der Waals surface area contributed by atoms with Crippen LogP contribution in [0, 0.1) is 10.1 Å². The third kappa shape index (κ3) is 5.60. The molecular formula is C30H30ClN5O5. The molecule has 1 atom stereocenters. The molecule has 10 nitrogen and oxygen atoms in total. The summed E-state index contributed by atoms with van der Waals surface area (Å²) in [6.45, 7) is 2.64. The number of nitro benzene ring substituents is 1. The van der Waals surface area contributed by atoms with E-state index in [0.29, 0.717) is 12.8 Å². The van der Waals surface area contributed by atoms with Gasteiger partial charge in [0, 0.05) is 30.9 Å². The molecule has 2 aliphatic rings. The second-order valence-corrected chi connectivity index (χ2v) is 10.8. The van der Waals surface area contributed by atoms with Crippen LogP contribution in [0.25, 0.3) is 0 Å². The number of anilines is 1. The normalized spacial score (nSPS) is 17.0. The van der Waals surface area contributed by atoms with Gasteiger partial charge >= 0.3 is 0 Å². The number of rotatable bonds is 7. The van der Waals surface area contributed by atoms with E-state index in [9.17, 15) is 24.5 Å². The number of amides is 3. The number of carbonyl (C=O) groups excluding carboxylic acids is 3. The van der Waals surface area contributed by atoms with E-state index in [2.05, 4.69) is 5.32 Å². The minimum absolute atomic E-state index is 0.00857. The summed E-state index contributed by atoms with van der Waals surface area (Å²) in [6, 6.07) is 22.8. The van der Waals surface area contributed by atoms with Crippen molar-refractivity contribution in [3.8, 4) is 0 Å². The Bertz CT molecular complexity index is 1460. The minimum atomic E-state index is -0.914. The third-order valence-corrected chi connectivity index (χ3v) is 8.18. The fraction of sp³-hybridized carbons (Fsp3) is 0.300. The number of benzene rings is 3. The van der Waals surface area contributed by atoms with Crippen LogP contribution in [0.4, 0.5) is 11.4 Å². The summed E-state index contributed by atoms with van der Waals surface area (Å²) in [7, 11) is 0. The monoisotopic (exact) mass is 575 g/mol. The summed E-state index contributed by atoms with van der Waals surface area (Å²) >= 11 is 6.22. The molecule has 2 aliphatic heterocycles. The third-order valence-electron chi connectivity index (χ3n) is 7.87. The van der Waals surface area contributed by atoms with Crippen molar-refractivity contribution in [1.29, 1.82) is 0 Å². The lowest BCUT2D eigenvalue weighted by atomic mass is 9.85. The smallest absolute Gasteiger partial charge is 0.270 e. The highest BCUT2D eigenvalue weighted by Crippen LogP contribution is 2.40. The highest BCUT2D eigenvalue weighted by molar-refractivity contribution is 6.34. The second kappa shape index (κ2) is 11.6. The number of hydrogen-bond acceptors (Lipinski definition) is 6. The highest BCUT2D eigenvalue weighted by Gasteiger charge is 2.54. The lowest BCUT2D eigenvalue weighted by Crippen LogP contribution is -2.57. The average Bonchev–Trinajstić information content (AvgIpc) is 3.24. The fourth-order valence-corrected chi connectivity index (χ4v) is 5.90. The van der Waals surface area contributed by atoms with E-state index in [1.54, 1.807) is 9.80 Å². The molecule has 2 fully saturated rings. The van der Waals surface area contributed by atoms with Crippen molar-refractivity contribution in [2.24, 2.45) is 0 Å². The Morgan fingerprint density at radius 2 is 1.66 bits per heavy atom. The fourth-order valence-electron chi connectivity index (χ4n) is 5.65. The molecule has 2 heterocycles. The first kappa shape index (κ1) is 28.1. The first-order chi connectivity index (χ1) is 19.7. The molecule has 0 radical (unpaired) electrons. The zero-order valence-corrected chi connectivity index (χ0v) is 23.3. The number of piperidine rings is 1. The number of nitrogens with one attached hydrogen (secondary N) is 1. The predicted octanol–water partition coefficient (Wildman–Crippen LogP) is 4.41. The Kier molecular flexibility index (Phi) is 7.94. The number of nitro groups is 1. The molecule has 212 valence electrons. The Labute approximate surface area is 242 Å². The van der Waals surface area contributed by atoms with Crippen LogP contribution >= 0.6 is 11.6 Å². The molecule has 3 amide bonds. The van der Waals surface area contributed by atoms with Crippen LogP contribution in [0.3, 0.4) is 0 Å². The molecule has 0 unspecified atom stereocenters. The van der Waals surface area contributed by atoms with E-state index in [-0.39, 0.29) is 66.3 Å². The summed E-state index contributed by atoms with van der Waals surface area (Å²) in [5, 5.41) is 14.1. The lowest BCUT2D eigenvalue weighted by molar-refractivity contribution is -0.384. The van der Waals surface area contributed by atoms with Crippen LogP contribution < -0.4 is 10.2 Å². The van der Waals surface area contributed by atoms with Crippen LogP contribution in [-0.4, -0.2) is 64.3 Å². The number of carbonyl (C=O) groups is 3. The van der Waals surface area contributed by atoms with Crippen molar-refractivity contribution >= 4 is 40.7 Å². The van der Waals surface area contributed by atoms with Gasteiger partial charge in [0.1, 0.15) is 12.1 Å². The summed E-state index contributed by atoms with van der Waals surface area (Å²) in [5.41, 5.74) is 0.905. The molecule has 1 spiro atoms. The predicted molar refractivity (Wildman–Crippen MR) is 154 cm³/mol. The van der Waals surface area contributed by atoms with Gasteiger partial charge in [0.15, 0.2) is 0 Å². The maximum absolute atomic E-state index is 14.0. The molecule has 0 saturated carbocycles. The van der Waals surface area contributed by atoms with Crippen LogP contribution in [0.5, 0.6) is 0 Å². The first-order valence-electron chi connectivity index (χ1n) is 13.4. The second-order valence-electron chi connectivity index (χ2n) is 10.4. The van der Waals surface area contributed by atoms with Gasteiger partial charge in [-0.3, -0.25) is 24.5 Å². The van der Waals surface area contributed by atoms with Crippen molar-refractivity contribution < 1.29 is 19.3 Å². The number of halogens is 1. The quantitative estimate of drug-likeness (QED) is 0.330. The Morgan fingerprint density at radius 3 is 2.27 bits per heavy atom. The van der Waals surface area contributed by atoms with E-state index >= 15 is 0 Å². The van der Waals surface area contributed by atoms with Crippen molar-refractivity contribution in [3.05, 3.63) is 105 Å². The van der Waals surface area contributed by atoms with Crippen molar-refractivity contribution in [2.75, 3.05) is 31.2 Å². The molecule has 3 aromatic rings. The highest BCUT2D eigenvalue weighted by atomic mass is 35.5. The van der Waals surface area contributed by atoms with E-state index in [0.717, 1.165) is 11.3 Å². The Balaban J connectivity index is 1.32. The van der Waals surface area contributed by atoms with E-state index < -0.39 is 10.5 Å². The zero-order valence-electron chi connectivity index (χ0n) is 22.5. The topological polar surface area (TPSA) is 116 Å². The maximum atomic E-state index is 14.0.